The van der Waals surface area contributed by atoms with E-state index in [0.717, 1.165) is 27.8 Å². The molecule has 5 aromatic rings. The highest BCUT2D eigenvalue weighted by molar-refractivity contribution is 6.00. The Morgan fingerprint density at radius 3 is 1.73 bits per heavy atom. The molecule has 5 aromatic carbocycles. The molecule has 0 aliphatic heterocycles. The highest BCUT2D eigenvalue weighted by atomic mass is 16.6. The summed E-state index contributed by atoms with van der Waals surface area (Å²) in [5.41, 5.74) is 11.2. The van der Waals surface area contributed by atoms with Crippen LogP contribution in [-0.2, 0) is 27.3 Å². The molecule has 0 saturated carbocycles. The Bertz CT molecular complexity index is 2190. The molecule has 4 amide bonds. The molecule has 0 atom stereocenters. The van der Waals surface area contributed by atoms with Crippen LogP contribution in [0.5, 0.6) is 5.75 Å². The fourth-order valence-corrected chi connectivity index (χ4v) is 5.78. The van der Waals surface area contributed by atoms with Gasteiger partial charge in [-0.1, -0.05) is 60.2 Å². The van der Waals surface area contributed by atoms with Gasteiger partial charge >= 0.3 is 5.97 Å². The van der Waals surface area contributed by atoms with Crippen LogP contribution in [-0.4, -0.2) is 53.8 Å². The van der Waals surface area contributed by atoms with Crippen molar-refractivity contribution >= 4 is 35.3 Å². The normalized spacial score (nSPS) is 10.9. The Kier molecular flexibility index (Phi) is 13.0. The molecule has 0 spiro atoms. The summed E-state index contributed by atoms with van der Waals surface area (Å²) >= 11 is 0. The van der Waals surface area contributed by atoms with Gasteiger partial charge in [0.25, 0.3) is 17.7 Å². The van der Waals surface area contributed by atoms with Crippen molar-refractivity contribution in [3.8, 4) is 16.9 Å². The van der Waals surface area contributed by atoms with Gasteiger partial charge in [0.1, 0.15) is 17.9 Å². The lowest BCUT2D eigenvalue weighted by Gasteiger charge is -2.25. The lowest BCUT2D eigenvalue weighted by atomic mass is 10.0. The molecule has 0 aliphatic rings. The molecule has 288 valence electrons. The number of aryl methyl sites for hydroxylation is 2. The number of methoxy groups -OCH3 is 1. The molecule has 0 fully saturated rings. The molecule has 0 saturated heterocycles. The Balaban J connectivity index is 1.20. The van der Waals surface area contributed by atoms with Crippen molar-refractivity contribution in [3.05, 3.63) is 154 Å². The van der Waals surface area contributed by atoms with E-state index < -0.39 is 29.3 Å². The van der Waals surface area contributed by atoms with Crippen LogP contribution >= 0.6 is 0 Å². The first-order chi connectivity index (χ1) is 26.7. The number of ether oxygens (including phenoxy) is 2. The van der Waals surface area contributed by atoms with Gasteiger partial charge in [0.05, 0.1) is 13.5 Å². The zero-order chi connectivity index (χ0) is 40.4. The summed E-state index contributed by atoms with van der Waals surface area (Å²) in [5.74, 6) is -1.52. The lowest BCUT2D eigenvalue weighted by molar-refractivity contribution is -0.155. The van der Waals surface area contributed by atoms with E-state index in [-0.39, 0.29) is 31.0 Å². The third kappa shape index (κ3) is 11.4. The Labute approximate surface area is 327 Å². The molecule has 0 unspecified atom stereocenters. The second-order valence-electron chi connectivity index (χ2n) is 14.4. The second kappa shape index (κ2) is 18.1. The molecular weight excluding hydrogens is 709 g/mol. The van der Waals surface area contributed by atoms with Gasteiger partial charge in [-0.15, -0.1) is 0 Å². The summed E-state index contributed by atoms with van der Waals surface area (Å²) < 4.78 is 10.8. The van der Waals surface area contributed by atoms with Gasteiger partial charge in [-0.05, 0) is 123 Å². The van der Waals surface area contributed by atoms with Gasteiger partial charge in [0.2, 0.25) is 5.91 Å². The van der Waals surface area contributed by atoms with E-state index >= 15 is 0 Å². The molecule has 56 heavy (non-hydrogen) atoms. The summed E-state index contributed by atoms with van der Waals surface area (Å²) in [4.78, 5) is 66.4. The van der Waals surface area contributed by atoms with Crippen LogP contribution in [0.1, 0.15) is 74.1 Å². The van der Waals surface area contributed by atoms with Crippen LogP contribution < -0.4 is 20.9 Å². The number of rotatable bonds is 12. The van der Waals surface area contributed by atoms with E-state index in [2.05, 4.69) is 16.2 Å². The number of amides is 4. The van der Waals surface area contributed by atoms with Gasteiger partial charge in [-0.3, -0.25) is 34.8 Å². The average Bonchev–Trinajstić information content (AvgIpc) is 3.17. The third-order valence-electron chi connectivity index (χ3n) is 8.75. The van der Waals surface area contributed by atoms with Crippen molar-refractivity contribution in [2.75, 3.05) is 19.0 Å². The van der Waals surface area contributed by atoms with Gasteiger partial charge in [0.15, 0.2) is 0 Å². The number of nitrogens with one attached hydrogen (secondary N) is 3. The van der Waals surface area contributed by atoms with E-state index in [4.69, 9.17) is 9.47 Å². The zero-order valence-electron chi connectivity index (χ0n) is 32.4. The molecule has 5 rings (SSSR count). The fraction of sp³-hybridized carbons (Fsp3) is 0.222. The number of anilines is 1. The summed E-state index contributed by atoms with van der Waals surface area (Å²) in [6.45, 7) is 8.88. The summed E-state index contributed by atoms with van der Waals surface area (Å²) in [6.07, 6.45) is 0.166. The van der Waals surface area contributed by atoms with Crippen molar-refractivity contribution in [1.82, 2.24) is 15.8 Å². The Morgan fingerprint density at radius 1 is 0.661 bits per heavy atom. The van der Waals surface area contributed by atoms with Crippen molar-refractivity contribution in [3.63, 3.8) is 0 Å². The smallest absolute Gasteiger partial charge is 0.326 e. The van der Waals surface area contributed by atoms with Gasteiger partial charge in [-0.2, -0.15) is 0 Å². The number of carbonyl (C=O) groups is 5. The fourth-order valence-electron chi connectivity index (χ4n) is 5.78. The van der Waals surface area contributed by atoms with Gasteiger partial charge in [0, 0.05) is 28.9 Å². The molecule has 3 N–H and O–H groups in total. The molecule has 0 heterocycles. The highest BCUT2D eigenvalue weighted by Crippen LogP contribution is 2.22. The maximum Gasteiger partial charge on any atom is 0.326 e. The first-order valence-electron chi connectivity index (χ1n) is 18.1. The minimum Gasteiger partial charge on any atom is -0.497 e. The van der Waals surface area contributed by atoms with E-state index in [1.165, 1.54) is 4.90 Å². The van der Waals surface area contributed by atoms with E-state index in [9.17, 15) is 24.0 Å². The standard InChI is InChI=1S/C45H46N4O7/c1-29-7-11-32(12-8-29)33-15-17-35(18-16-33)43(53)48-47-42(52)34-13-9-31(10-14-34)27-49(28-41(51)56-45(3,4)5)44(54)36-19-22-38(23-20-36)46-40(50)26-37-21-24-39(55-6)25-30(37)2/h7-25H,26-28H2,1-6H3,(H,46,50)(H,47,52)(H,48,53). The van der Waals surface area contributed by atoms with Crippen LogP contribution in [0.4, 0.5) is 5.69 Å². The maximum atomic E-state index is 13.8. The maximum absolute atomic E-state index is 13.8. The van der Waals surface area contributed by atoms with E-state index in [0.29, 0.717) is 28.1 Å². The average molecular weight is 755 g/mol. The molecule has 0 radical (unpaired) electrons. The van der Waals surface area contributed by atoms with Crippen molar-refractivity contribution < 1.29 is 33.4 Å². The topological polar surface area (TPSA) is 143 Å². The number of hydrogen-bond donors (Lipinski definition) is 3. The first kappa shape index (κ1) is 40.4. The Hall–Kier alpha value is -6.75. The number of benzene rings is 5. The minimum absolute atomic E-state index is 0.0367. The van der Waals surface area contributed by atoms with Crippen LogP contribution in [0.15, 0.2) is 115 Å². The first-order valence-corrected chi connectivity index (χ1v) is 18.1. The molecule has 0 aliphatic carbocycles. The van der Waals surface area contributed by atoms with Crippen molar-refractivity contribution in [2.45, 2.75) is 53.2 Å². The predicted octanol–water partition coefficient (Wildman–Crippen LogP) is 7.22. The summed E-state index contributed by atoms with van der Waals surface area (Å²) in [6, 6.07) is 33.6. The monoisotopic (exact) mass is 754 g/mol. The zero-order valence-corrected chi connectivity index (χ0v) is 32.4. The third-order valence-corrected chi connectivity index (χ3v) is 8.75. The molecule has 0 aromatic heterocycles. The minimum atomic E-state index is -0.759. The number of nitrogens with zero attached hydrogens (tertiary/aromatic N) is 1. The summed E-state index contributed by atoms with van der Waals surface area (Å²) in [5, 5.41) is 2.86. The second-order valence-corrected chi connectivity index (χ2v) is 14.4. The number of hydrogen-bond acceptors (Lipinski definition) is 7. The predicted molar refractivity (Wildman–Crippen MR) is 215 cm³/mol. The Morgan fingerprint density at radius 2 is 1.20 bits per heavy atom. The SMILES string of the molecule is COc1ccc(CC(=O)Nc2ccc(C(=O)N(CC(=O)OC(C)(C)C)Cc3ccc(C(=O)NNC(=O)c4ccc(-c5ccc(C)cc5)cc4)cc3)cc2)c(C)c1. The lowest BCUT2D eigenvalue weighted by Crippen LogP contribution is -2.41. The number of carbonyl (C=O) groups excluding carboxylic acids is 5. The molecule has 11 nitrogen and oxygen atoms in total. The molecule has 0 bridgehead atoms. The van der Waals surface area contributed by atoms with Gasteiger partial charge in [-0.25, -0.2) is 0 Å². The van der Waals surface area contributed by atoms with E-state index in [1.807, 2.05) is 62.4 Å². The largest absolute Gasteiger partial charge is 0.497 e. The quantitative estimate of drug-likeness (QED) is 0.0902. The van der Waals surface area contributed by atoms with Crippen LogP contribution in [0.3, 0.4) is 0 Å². The van der Waals surface area contributed by atoms with Crippen LogP contribution in [0.2, 0.25) is 0 Å². The van der Waals surface area contributed by atoms with Crippen LogP contribution in [0.25, 0.3) is 11.1 Å². The van der Waals surface area contributed by atoms with Gasteiger partial charge < -0.3 is 19.7 Å². The van der Waals surface area contributed by atoms with Crippen molar-refractivity contribution in [1.29, 1.82) is 0 Å². The number of esters is 1. The highest BCUT2D eigenvalue weighted by Gasteiger charge is 2.24. The molecular formula is C45H46N4O7. The van der Waals surface area contributed by atoms with Crippen LogP contribution in [0, 0.1) is 13.8 Å². The number of hydrazine groups is 1. The molecule has 11 heteroatoms. The summed E-state index contributed by atoms with van der Waals surface area (Å²) in [7, 11) is 1.59. The van der Waals surface area contributed by atoms with E-state index in [1.54, 1.807) is 94.6 Å². The van der Waals surface area contributed by atoms with Crippen molar-refractivity contribution in [2.24, 2.45) is 0 Å².